The van der Waals surface area contributed by atoms with Gasteiger partial charge in [-0.2, -0.15) is 0 Å². The summed E-state index contributed by atoms with van der Waals surface area (Å²) in [5.74, 6) is 2.34. The van der Waals surface area contributed by atoms with Gasteiger partial charge in [-0.3, -0.25) is 4.90 Å². The Labute approximate surface area is 161 Å². The zero-order chi connectivity index (χ0) is 18.3. The van der Waals surface area contributed by atoms with Gasteiger partial charge in [0.05, 0.1) is 11.6 Å². The fourth-order valence-corrected chi connectivity index (χ4v) is 4.49. The summed E-state index contributed by atoms with van der Waals surface area (Å²) in [4.78, 5) is 2.37. The van der Waals surface area contributed by atoms with Crippen molar-refractivity contribution in [3.63, 3.8) is 0 Å². The number of aryl methyl sites for hydroxylation is 1. The second kappa shape index (κ2) is 7.00. The first kappa shape index (κ1) is 17.5. The summed E-state index contributed by atoms with van der Waals surface area (Å²) in [6, 6.07) is 8.19. The molecule has 0 radical (unpaired) electrons. The van der Waals surface area contributed by atoms with Crippen LogP contribution in [0.1, 0.15) is 29.2 Å². The highest BCUT2D eigenvalue weighted by Crippen LogP contribution is 2.43. The fraction of sp³-hybridized carbons (Fsp3) is 0.400. The highest BCUT2D eigenvalue weighted by atomic mass is 79.9. The maximum atomic E-state index is 10.1. The molecule has 0 bridgehead atoms. The molecule has 0 saturated heterocycles. The molecule has 5 nitrogen and oxygen atoms in total. The van der Waals surface area contributed by atoms with Crippen molar-refractivity contribution in [3.05, 3.63) is 45.4 Å². The predicted octanol–water partition coefficient (Wildman–Crippen LogP) is 4.05. The largest absolute Gasteiger partial charge is 0.504 e. The topological polar surface area (TPSA) is 51.2 Å². The fourth-order valence-electron chi connectivity index (χ4n) is 3.85. The van der Waals surface area contributed by atoms with Crippen LogP contribution >= 0.6 is 15.9 Å². The van der Waals surface area contributed by atoms with Crippen molar-refractivity contribution in [2.24, 2.45) is 0 Å². The number of halogens is 1. The molecule has 26 heavy (non-hydrogen) atoms. The molecule has 2 aromatic rings. The van der Waals surface area contributed by atoms with Crippen LogP contribution in [0, 0.1) is 0 Å². The summed E-state index contributed by atoms with van der Waals surface area (Å²) in [5.41, 5.74) is 3.65. The Hall–Kier alpha value is -1.92. The summed E-state index contributed by atoms with van der Waals surface area (Å²) >= 11 is 3.66. The van der Waals surface area contributed by atoms with E-state index < -0.39 is 0 Å². The number of hydrogen-bond donors (Lipinski definition) is 1. The standard InChI is InChI=1S/C20H22BrNO4/c1-22-8-7-13-9-16(23)18(24-2)10-14(13)15(22)5-3-12-4-6-17-20(19(12)21)26-11-25-17/h4,6,9-10,15,23H,3,5,7-8,11H2,1-2H3. The third-order valence-electron chi connectivity index (χ3n) is 5.31. The number of ether oxygens (including phenoxy) is 3. The Bertz CT molecular complexity index is 839. The first-order chi connectivity index (χ1) is 12.6. The molecule has 1 N–H and O–H groups in total. The Morgan fingerprint density at radius 3 is 2.96 bits per heavy atom. The lowest BCUT2D eigenvalue weighted by molar-refractivity contribution is 0.173. The molecule has 1 unspecified atom stereocenters. The number of phenolic OH excluding ortho intramolecular Hbond substituents is 1. The first-order valence-corrected chi connectivity index (χ1v) is 9.54. The number of methoxy groups -OCH3 is 1. The molecule has 2 aromatic carbocycles. The van der Waals surface area contributed by atoms with Crippen LogP contribution in [-0.4, -0.2) is 37.5 Å². The van der Waals surface area contributed by atoms with Crippen molar-refractivity contribution in [2.75, 3.05) is 27.5 Å². The Morgan fingerprint density at radius 2 is 2.15 bits per heavy atom. The van der Waals surface area contributed by atoms with E-state index in [1.165, 1.54) is 16.7 Å². The third kappa shape index (κ3) is 3.01. The van der Waals surface area contributed by atoms with Crippen molar-refractivity contribution < 1.29 is 19.3 Å². The number of fused-ring (bicyclic) bond motifs is 2. The quantitative estimate of drug-likeness (QED) is 0.809. The van der Waals surface area contributed by atoms with E-state index in [9.17, 15) is 5.11 Å². The highest BCUT2D eigenvalue weighted by molar-refractivity contribution is 9.10. The number of nitrogens with zero attached hydrogens (tertiary/aromatic N) is 1. The third-order valence-corrected chi connectivity index (χ3v) is 6.18. The number of phenols is 1. The molecule has 0 aromatic heterocycles. The zero-order valence-corrected chi connectivity index (χ0v) is 16.5. The van der Waals surface area contributed by atoms with Gasteiger partial charge in [0.2, 0.25) is 6.79 Å². The lowest BCUT2D eigenvalue weighted by Crippen LogP contribution is -2.32. The molecule has 1 atom stereocenters. The molecule has 0 amide bonds. The van der Waals surface area contributed by atoms with Crippen LogP contribution in [0.4, 0.5) is 0 Å². The average molecular weight is 420 g/mol. The van der Waals surface area contributed by atoms with Crippen LogP contribution in [0.25, 0.3) is 0 Å². The Balaban J connectivity index is 1.59. The lowest BCUT2D eigenvalue weighted by atomic mass is 9.89. The van der Waals surface area contributed by atoms with Crippen LogP contribution in [0.5, 0.6) is 23.0 Å². The van der Waals surface area contributed by atoms with Crippen LogP contribution in [0.2, 0.25) is 0 Å². The number of benzene rings is 2. The Kier molecular flexibility index (Phi) is 4.71. The minimum Gasteiger partial charge on any atom is -0.504 e. The molecule has 4 rings (SSSR count). The van der Waals surface area contributed by atoms with Crippen LogP contribution in [-0.2, 0) is 12.8 Å². The summed E-state index contributed by atoms with van der Waals surface area (Å²) < 4.78 is 17.3. The van der Waals surface area contributed by atoms with Crippen molar-refractivity contribution >= 4 is 15.9 Å². The molecule has 0 saturated carbocycles. The van der Waals surface area contributed by atoms with E-state index in [1.54, 1.807) is 7.11 Å². The second-order valence-electron chi connectivity index (χ2n) is 6.78. The summed E-state index contributed by atoms with van der Waals surface area (Å²) in [6.07, 6.45) is 2.82. The van der Waals surface area contributed by atoms with Gasteiger partial charge in [-0.05, 0) is 77.1 Å². The van der Waals surface area contributed by atoms with Gasteiger partial charge in [0.25, 0.3) is 0 Å². The predicted molar refractivity (Wildman–Crippen MR) is 102 cm³/mol. The molecule has 6 heteroatoms. The van der Waals surface area contributed by atoms with E-state index in [4.69, 9.17) is 14.2 Å². The van der Waals surface area contributed by atoms with E-state index in [-0.39, 0.29) is 18.6 Å². The van der Waals surface area contributed by atoms with E-state index >= 15 is 0 Å². The average Bonchev–Trinajstić information content (AvgIpc) is 3.12. The zero-order valence-electron chi connectivity index (χ0n) is 14.9. The molecule has 2 aliphatic rings. The maximum Gasteiger partial charge on any atom is 0.231 e. The molecule has 2 aliphatic heterocycles. The monoisotopic (exact) mass is 419 g/mol. The van der Waals surface area contributed by atoms with Gasteiger partial charge in [-0.1, -0.05) is 6.07 Å². The second-order valence-corrected chi connectivity index (χ2v) is 7.57. The van der Waals surface area contributed by atoms with Crippen molar-refractivity contribution in [1.29, 1.82) is 0 Å². The molecule has 0 aliphatic carbocycles. The number of hydrogen-bond acceptors (Lipinski definition) is 5. The van der Waals surface area contributed by atoms with Gasteiger partial charge in [-0.15, -0.1) is 0 Å². The first-order valence-electron chi connectivity index (χ1n) is 8.75. The van der Waals surface area contributed by atoms with Crippen molar-refractivity contribution in [3.8, 4) is 23.0 Å². The minimum absolute atomic E-state index is 0.216. The lowest BCUT2D eigenvalue weighted by Gasteiger charge is -2.35. The number of aromatic hydroxyl groups is 1. The van der Waals surface area contributed by atoms with E-state index in [0.717, 1.165) is 41.8 Å². The summed E-state index contributed by atoms with van der Waals surface area (Å²) in [6.45, 7) is 1.26. The number of likely N-dealkylation sites (N-methyl/N-ethyl adjacent to an activating group) is 1. The smallest absolute Gasteiger partial charge is 0.231 e. The van der Waals surface area contributed by atoms with Crippen molar-refractivity contribution in [2.45, 2.75) is 25.3 Å². The molecule has 0 fully saturated rings. The van der Waals surface area contributed by atoms with Gasteiger partial charge < -0.3 is 19.3 Å². The van der Waals surface area contributed by atoms with Crippen LogP contribution in [0.15, 0.2) is 28.7 Å². The van der Waals surface area contributed by atoms with E-state index in [2.05, 4.69) is 33.9 Å². The van der Waals surface area contributed by atoms with E-state index in [1.807, 2.05) is 18.2 Å². The normalized spacial score (nSPS) is 18.7. The molecule has 138 valence electrons. The van der Waals surface area contributed by atoms with Crippen LogP contribution < -0.4 is 14.2 Å². The number of rotatable bonds is 4. The summed E-state index contributed by atoms with van der Waals surface area (Å²) in [5, 5.41) is 10.1. The minimum atomic E-state index is 0.216. The molecular formula is C20H22BrNO4. The highest BCUT2D eigenvalue weighted by Gasteiger charge is 2.27. The van der Waals surface area contributed by atoms with Gasteiger partial charge >= 0.3 is 0 Å². The van der Waals surface area contributed by atoms with Crippen LogP contribution in [0.3, 0.4) is 0 Å². The molecule has 0 spiro atoms. The molecule has 2 heterocycles. The summed E-state index contributed by atoms with van der Waals surface area (Å²) in [7, 11) is 3.74. The van der Waals surface area contributed by atoms with E-state index in [0.29, 0.717) is 5.75 Å². The van der Waals surface area contributed by atoms with Gasteiger partial charge in [0.15, 0.2) is 23.0 Å². The SMILES string of the molecule is COc1cc2c(cc1O)CCN(C)C2CCc1ccc2c(c1Br)OCO2. The molecular weight excluding hydrogens is 398 g/mol. The van der Waals surface area contributed by atoms with Crippen molar-refractivity contribution in [1.82, 2.24) is 4.90 Å². The maximum absolute atomic E-state index is 10.1. The Morgan fingerprint density at radius 1 is 1.31 bits per heavy atom. The van der Waals surface area contributed by atoms with Gasteiger partial charge in [0, 0.05) is 12.6 Å². The van der Waals surface area contributed by atoms with Gasteiger partial charge in [-0.25, -0.2) is 0 Å². The van der Waals surface area contributed by atoms with Gasteiger partial charge in [0.1, 0.15) is 0 Å².